The highest BCUT2D eigenvalue weighted by molar-refractivity contribution is 5.94. The molecule has 2 fully saturated rings. The van der Waals surface area contributed by atoms with Crippen molar-refractivity contribution in [1.82, 2.24) is 20.0 Å². The summed E-state index contributed by atoms with van der Waals surface area (Å²) in [6, 6.07) is 5.67. The third-order valence-electron chi connectivity index (χ3n) is 7.07. The number of nitrogens with one attached hydrogen (secondary N) is 1. The largest absolute Gasteiger partial charge is 0.481 e. The number of likely N-dealkylation sites (tertiary alicyclic amines) is 1. The first-order valence-corrected chi connectivity index (χ1v) is 12.7. The van der Waals surface area contributed by atoms with E-state index in [0.717, 1.165) is 44.6 Å². The number of hydrogen-bond acceptors (Lipinski definition) is 4. The predicted octanol–water partition coefficient (Wildman–Crippen LogP) is 4.66. The molecule has 11 heteroatoms. The molecule has 0 radical (unpaired) electrons. The molecule has 1 aromatic heterocycles. The van der Waals surface area contributed by atoms with E-state index in [-0.39, 0.29) is 41.7 Å². The van der Waals surface area contributed by atoms with Crippen LogP contribution in [0.5, 0.6) is 0 Å². The Labute approximate surface area is 212 Å². The molecule has 1 aromatic carbocycles. The number of benzene rings is 1. The molecule has 0 unspecified atom stereocenters. The summed E-state index contributed by atoms with van der Waals surface area (Å²) >= 11 is 0. The number of nitrogens with zero attached hydrogens (tertiary/aromatic N) is 3. The van der Waals surface area contributed by atoms with Crippen LogP contribution in [0, 0.1) is 0 Å². The first kappa shape index (κ1) is 26.7. The molecule has 1 saturated carbocycles. The fraction of sp³-hybridized carbons (Fsp3) is 0.538. The van der Waals surface area contributed by atoms with Gasteiger partial charge in [0.05, 0.1) is 23.7 Å². The second kappa shape index (κ2) is 11.4. The fourth-order valence-electron chi connectivity index (χ4n) is 5.19. The number of halogens is 3. The summed E-state index contributed by atoms with van der Waals surface area (Å²) in [5, 5.41) is 16.4. The van der Waals surface area contributed by atoms with Gasteiger partial charge in [-0.2, -0.15) is 18.3 Å². The van der Waals surface area contributed by atoms with E-state index >= 15 is 0 Å². The van der Waals surface area contributed by atoms with Crippen LogP contribution in [-0.4, -0.2) is 56.7 Å². The van der Waals surface area contributed by atoms with E-state index < -0.39 is 29.7 Å². The minimum Gasteiger partial charge on any atom is -0.481 e. The van der Waals surface area contributed by atoms with Gasteiger partial charge < -0.3 is 15.3 Å². The van der Waals surface area contributed by atoms with Crippen LogP contribution in [0.4, 0.5) is 13.2 Å². The molecule has 1 aliphatic carbocycles. The Morgan fingerprint density at radius 1 is 1.14 bits per heavy atom. The average Bonchev–Trinajstić information content (AvgIpc) is 3.53. The van der Waals surface area contributed by atoms with Crippen molar-refractivity contribution in [3.8, 4) is 11.3 Å². The molecule has 2 aromatic rings. The monoisotopic (exact) mass is 520 g/mol. The summed E-state index contributed by atoms with van der Waals surface area (Å²) in [5.41, 5.74) is -0.725. The lowest BCUT2D eigenvalue weighted by atomic mass is 10.0. The SMILES string of the molecule is O=C(O)C[C@H](CCN1CCCCC1=O)NC(=O)c1cc(-c2ccccc2C(F)(F)F)n(C2CCCC2)n1. The Bertz CT molecular complexity index is 1140. The number of carboxylic acids is 1. The predicted molar refractivity (Wildman–Crippen MR) is 129 cm³/mol. The molecule has 1 saturated heterocycles. The fourth-order valence-corrected chi connectivity index (χ4v) is 5.19. The van der Waals surface area contributed by atoms with Gasteiger partial charge in [-0.15, -0.1) is 0 Å². The maximum atomic E-state index is 13.8. The highest BCUT2D eigenvalue weighted by Crippen LogP contribution is 2.40. The Morgan fingerprint density at radius 3 is 2.54 bits per heavy atom. The number of hydrogen-bond donors (Lipinski definition) is 2. The van der Waals surface area contributed by atoms with Crippen molar-refractivity contribution in [1.29, 1.82) is 0 Å². The van der Waals surface area contributed by atoms with Crippen molar-refractivity contribution < 1.29 is 32.7 Å². The van der Waals surface area contributed by atoms with E-state index in [4.69, 9.17) is 0 Å². The van der Waals surface area contributed by atoms with Crippen molar-refractivity contribution >= 4 is 17.8 Å². The molecule has 8 nitrogen and oxygen atoms in total. The molecule has 2 aliphatic rings. The third-order valence-corrected chi connectivity index (χ3v) is 7.07. The van der Waals surface area contributed by atoms with Crippen LogP contribution >= 0.6 is 0 Å². The van der Waals surface area contributed by atoms with Gasteiger partial charge in [0.25, 0.3) is 5.91 Å². The summed E-state index contributed by atoms with van der Waals surface area (Å²) in [6.45, 7) is 0.915. The molecule has 2 N–H and O–H groups in total. The Hall–Kier alpha value is -3.37. The van der Waals surface area contributed by atoms with Crippen molar-refractivity contribution in [3.63, 3.8) is 0 Å². The molecule has 0 bridgehead atoms. The van der Waals surface area contributed by atoms with Gasteiger partial charge in [0.15, 0.2) is 5.69 Å². The van der Waals surface area contributed by atoms with E-state index in [2.05, 4.69) is 10.4 Å². The second-order valence-corrected chi connectivity index (χ2v) is 9.74. The van der Waals surface area contributed by atoms with Gasteiger partial charge in [-0.3, -0.25) is 19.1 Å². The van der Waals surface area contributed by atoms with Crippen LogP contribution in [0.1, 0.15) is 79.9 Å². The van der Waals surface area contributed by atoms with Crippen LogP contribution < -0.4 is 5.32 Å². The molecule has 200 valence electrons. The molecule has 2 amide bonds. The zero-order chi connectivity index (χ0) is 26.6. The van der Waals surface area contributed by atoms with Gasteiger partial charge in [0.2, 0.25) is 5.91 Å². The van der Waals surface area contributed by atoms with Crippen LogP contribution in [0.3, 0.4) is 0 Å². The topological polar surface area (TPSA) is 105 Å². The quantitative estimate of drug-likeness (QED) is 0.501. The molecule has 4 rings (SSSR count). The van der Waals surface area contributed by atoms with Crippen LogP contribution in [-0.2, 0) is 15.8 Å². The van der Waals surface area contributed by atoms with E-state index in [9.17, 15) is 32.7 Å². The highest BCUT2D eigenvalue weighted by atomic mass is 19.4. The van der Waals surface area contributed by atoms with Gasteiger partial charge in [-0.25, -0.2) is 0 Å². The molecular formula is C26H31F3N4O4. The van der Waals surface area contributed by atoms with E-state index in [1.807, 2.05) is 0 Å². The third kappa shape index (κ3) is 6.50. The maximum Gasteiger partial charge on any atom is 0.417 e. The zero-order valence-corrected chi connectivity index (χ0v) is 20.5. The number of rotatable bonds is 9. The van der Waals surface area contributed by atoms with E-state index in [1.54, 1.807) is 4.90 Å². The number of carbonyl (C=O) groups is 3. The summed E-state index contributed by atoms with van der Waals surface area (Å²) in [4.78, 5) is 38.4. The van der Waals surface area contributed by atoms with Crippen molar-refractivity contribution in [2.24, 2.45) is 0 Å². The van der Waals surface area contributed by atoms with Gasteiger partial charge >= 0.3 is 12.1 Å². The van der Waals surface area contributed by atoms with Gasteiger partial charge in [-0.1, -0.05) is 31.0 Å². The highest BCUT2D eigenvalue weighted by Gasteiger charge is 2.35. The van der Waals surface area contributed by atoms with Crippen molar-refractivity contribution in [2.75, 3.05) is 13.1 Å². The first-order valence-electron chi connectivity index (χ1n) is 12.7. The number of carboxylic acid groups (broad SMARTS) is 1. The first-order chi connectivity index (χ1) is 17.6. The lowest BCUT2D eigenvalue weighted by molar-refractivity contribution is -0.138. The van der Waals surface area contributed by atoms with E-state index in [0.29, 0.717) is 19.5 Å². The molecular weight excluding hydrogens is 489 g/mol. The summed E-state index contributed by atoms with van der Waals surface area (Å²) in [7, 11) is 0. The van der Waals surface area contributed by atoms with Crippen LogP contribution in [0.2, 0.25) is 0 Å². The Morgan fingerprint density at radius 2 is 1.86 bits per heavy atom. The normalized spacial score (nSPS) is 17.7. The Kier molecular flexibility index (Phi) is 8.19. The minimum absolute atomic E-state index is 0.00919. The number of amides is 2. The lowest BCUT2D eigenvalue weighted by Crippen LogP contribution is -2.42. The summed E-state index contributed by atoms with van der Waals surface area (Å²) in [5.74, 6) is -1.75. The lowest BCUT2D eigenvalue weighted by Gasteiger charge is -2.28. The molecule has 0 spiro atoms. The second-order valence-electron chi connectivity index (χ2n) is 9.74. The number of alkyl halides is 3. The standard InChI is InChI=1S/C26H31F3N4O4/c27-26(28,29)20-10-4-3-9-19(20)22-16-21(31-33(22)18-7-1-2-8-18)25(37)30-17(15-24(35)36)12-14-32-13-6-5-11-23(32)34/h3-4,9-10,16-18H,1-2,5-8,11-15H2,(H,30,37)(H,35,36)/t17-/m0/s1. The average molecular weight is 521 g/mol. The molecule has 1 atom stereocenters. The minimum atomic E-state index is -4.58. The zero-order valence-electron chi connectivity index (χ0n) is 20.5. The van der Waals surface area contributed by atoms with Gasteiger partial charge in [0.1, 0.15) is 0 Å². The Balaban J connectivity index is 1.59. The molecule has 2 heterocycles. The van der Waals surface area contributed by atoms with Gasteiger partial charge in [0, 0.05) is 31.1 Å². The number of carbonyl (C=O) groups excluding carboxylic acids is 2. The van der Waals surface area contributed by atoms with Crippen molar-refractivity contribution in [3.05, 3.63) is 41.6 Å². The smallest absolute Gasteiger partial charge is 0.417 e. The number of aliphatic carboxylic acids is 1. The molecule has 37 heavy (non-hydrogen) atoms. The molecule has 1 aliphatic heterocycles. The van der Waals surface area contributed by atoms with Crippen LogP contribution in [0.25, 0.3) is 11.3 Å². The summed E-state index contributed by atoms with van der Waals surface area (Å²) < 4.78 is 42.8. The van der Waals surface area contributed by atoms with Crippen molar-refractivity contribution in [2.45, 2.75) is 76.0 Å². The summed E-state index contributed by atoms with van der Waals surface area (Å²) in [6.07, 6.45) is 0.808. The number of piperidine rings is 1. The van der Waals surface area contributed by atoms with Gasteiger partial charge in [-0.05, 0) is 44.2 Å². The van der Waals surface area contributed by atoms with E-state index in [1.165, 1.54) is 28.9 Å². The number of aromatic nitrogens is 2. The van der Waals surface area contributed by atoms with Crippen LogP contribution in [0.15, 0.2) is 30.3 Å². The maximum absolute atomic E-state index is 13.8.